The molecule has 1 fully saturated rings. The Morgan fingerprint density at radius 2 is 2.00 bits per heavy atom. The molecule has 0 aliphatic heterocycles. The molecular weight excluding hydrogens is 352 g/mol. The van der Waals surface area contributed by atoms with Crippen LogP contribution < -0.4 is 9.64 Å². The Balaban J connectivity index is 2.24. The van der Waals surface area contributed by atoms with Gasteiger partial charge in [-0.25, -0.2) is 0 Å². The maximum atomic E-state index is 12.8. The van der Waals surface area contributed by atoms with E-state index in [4.69, 9.17) is 21.2 Å². The highest BCUT2D eigenvalue weighted by molar-refractivity contribution is 6.32. The smallest absolute Gasteiger partial charge is 0.247 e. The number of hydrogen-bond acceptors (Lipinski definition) is 4. The summed E-state index contributed by atoms with van der Waals surface area (Å²) in [6, 6.07) is 5.72. The van der Waals surface area contributed by atoms with Crippen LogP contribution in [0.1, 0.15) is 57.9 Å². The van der Waals surface area contributed by atoms with Crippen LogP contribution >= 0.6 is 11.6 Å². The Kier molecular flexibility index (Phi) is 8.23. The molecule has 1 aliphatic rings. The third kappa shape index (κ3) is 5.37. The fourth-order valence-corrected chi connectivity index (χ4v) is 3.16. The number of oxime groups is 1. The first-order valence-electron chi connectivity index (χ1n) is 9.40. The maximum Gasteiger partial charge on any atom is 0.247 e. The summed E-state index contributed by atoms with van der Waals surface area (Å²) in [7, 11) is 1.61. The minimum Gasteiger partial charge on any atom is -0.497 e. The summed E-state index contributed by atoms with van der Waals surface area (Å²) in [5.74, 6) is 0.511. The van der Waals surface area contributed by atoms with Crippen molar-refractivity contribution in [3.05, 3.63) is 23.8 Å². The molecule has 1 amide bonds. The predicted molar refractivity (Wildman–Crippen MR) is 106 cm³/mol. The van der Waals surface area contributed by atoms with Gasteiger partial charge in [0.05, 0.1) is 18.5 Å². The van der Waals surface area contributed by atoms with Gasteiger partial charge in [-0.1, -0.05) is 31.5 Å². The minimum atomic E-state index is -0.600. The Hall–Kier alpha value is -1.75. The number of rotatable bonds is 8. The van der Waals surface area contributed by atoms with Crippen molar-refractivity contribution in [3.8, 4) is 5.75 Å². The molecule has 0 heterocycles. The Labute approximate surface area is 161 Å². The topological polar surface area (TPSA) is 51.1 Å². The SMILES string of the molecule is CCc1ccc(OC)cc1N(CON=C1CCCCC1)C(=O)C(Cl)CC. The monoisotopic (exact) mass is 380 g/mol. The summed E-state index contributed by atoms with van der Waals surface area (Å²) >= 11 is 6.24. The zero-order valence-corrected chi connectivity index (χ0v) is 16.7. The average molecular weight is 381 g/mol. The molecule has 6 heteroatoms. The van der Waals surface area contributed by atoms with E-state index in [9.17, 15) is 4.79 Å². The molecule has 1 saturated carbocycles. The molecular formula is C20H29ClN2O3. The molecule has 1 aromatic rings. The molecule has 0 aromatic heterocycles. The second-order valence-electron chi connectivity index (χ2n) is 6.47. The van der Waals surface area contributed by atoms with Crippen LogP contribution in [-0.2, 0) is 16.1 Å². The van der Waals surface area contributed by atoms with Gasteiger partial charge in [0.15, 0.2) is 6.73 Å². The van der Waals surface area contributed by atoms with Gasteiger partial charge in [0.25, 0.3) is 0 Å². The Morgan fingerprint density at radius 3 is 2.62 bits per heavy atom. The first kappa shape index (κ1) is 20.6. The highest BCUT2D eigenvalue weighted by Crippen LogP contribution is 2.28. The van der Waals surface area contributed by atoms with Crippen LogP contribution in [0, 0.1) is 0 Å². The van der Waals surface area contributed by atoms with Gasteiger partial charge < -0.3 is 9.57 Å². The van der Waals surface area contributed by atoms with Gasteiger partial charge in [-0.3, -0.25) is 9.69 Å². The van der Waals surface area contributed by atoms with Gasteiger partial charge in [-0.15, -0.1) is 11.6 Å². The van der Waals surface area contributed by atoms with Crippen molar-refractivity contribution in [1.29, 1.82) is 0 Å². The maximum absolute atomic E-state index is 12.8. The van der Waals surface area contributed by atoms with Gasteiger partial charge in [0.2, 0.25) is 5.91 Å². The van der Waals surface area contributed by atoms with Gasteiger partial charge in [0, 0.05) is 6.07 Å². The summed E-state index contributed by atoms with van der Waals surface area (Å²) < 4.78 is 5.33. The number of alkyl halides is 1. The summed E-state index contributed by atoms with van der Waals surface area (Å²) in [6.07, 6.45) is 6.84. The molecule has 5 nitrogen and oxygen atoms in total. The molecule has 0 bridgehead atoms. The molecule has 0 spiro atoms. The van der Waals surface area contributed by atoms with E-state index in [-0.39, 0.29) is 12.6 Å². The molecule has 1 aromatic carbocycles. The van der Waals surface area contributed by atoms with Gasteiger partial charge in [0.1, 0.15) is 11.1 Å². The predicted octanol–water partition coefficient (Wildman–Crippen LogP) is 4.90. The van der Waals surface area contributed by atoms with Crippen molar-refractivity contribution in [2.24, 2.45) is 5.16 Å². The number of amides is 1. The van der Waals surface area contributed by atoms with Crippen LogP contribution in [0.25, 0.3) is 0 Å². The summed E-state index contributed by atoms with van der Waals surface area (Å²) in [4.78, 5) is 20.0. The van der Waals surface area contributed by atoms with Gasteiger partial charge in [-0.05, 0) is 50.2 Å². The number of hydrogen-bond donors (Lipinski definition) is 0. The van der Waals surface area contributed by atoms with Crippen molar-refractivity contribution in [2.75, 3.05) is 18.7 Å². The second-order valence-corrected chi connectivity index (χ2v) is 6.99. The van der Waals surface area contributed by atoms with Crippen LogP contribution in [-0.4, -0.2) is 30.8 Å². The lowest BCUT2D eigenvalue weighted by molar-refractivity contribution is -0.119. The lowest BCUT2D eigenvalue weighted by Crippen LogP contribution is -2.38. The van der Waals surface area contributed by atoms with E-state index in [0.717, 1.165) is 49.1 Å². The number of ether oxygens (including phenoxy) is 1. The van der Waals surface area contributed by atoms with Crippen LogP contribution in [0.4, 0.5) is 5.69 Å². The minimum absolute atomic E-state index is 0.0473. The van der Waals surface area contributed by atoms with Crippen LogP contribution in [0.5, 0.6) is 5.75 Å². The molecule has 26 heavy (non-hydrogen) atoms. The molecule has 144 valence electrons. The first-order valence-corrected chi connectivity index (χ1v) is 9.84. The van der Waals surface area contributed by atoms with Crippen LogP contribution in [0.15, 0.2) is 23.4 Å². The lowest BCUT2D eigenvalue weighted by Gasteiger charge is -2.26. The lowest BCUT2D eigenvalue weighted by atomic mass is 9.99. The molecule has 1 aliphatic carbocycles. The number of benzene rings is 1. The number of nitrogens with zero attached hydrogens (tertiary/aromatic N) is 2. The van der Waals surface area contributed by atoms with Crippen molar-refractivity contribution in [2.45, 2.75) is 64.2 Å². The van der Waals surface area contributed by atoms with Crippen LogP contribution in [0.3, 0.4) is 0 Å². The highest BCUT2D eigenvalue weighted by atomic mass is 35.5. The molecule has 0 radical (unpaired) electrons. The largest absolute Gasteiger partial charge is 0.497 e. The highest BCUT2D eigenvalue weighted by Gasteiger charge is 2.25. The van der Waals surface area contributed by atoms with Gasteiger partial charge in [-0.2, -0.15) is 0 Å². The van der Waals surface area contributed by atoms with E-state index in [2.05, 4.69) is 12.1 Å². The summed E-state index contributed by atoms with van der Waals surface area (Å²) in [6.45, 7) is 3.99. The van der Waals surface area contributed by atoms with Gasteiger partial charge >= 0.3 is 0 Å². The number of halogens is 1. The third-order valence-electron chi connectivity index (χ3n) is 4.67. The van der Waals surface area contributed by atoms with E-state index in [0.29, 0.717) is 12.2 Å². The zero-order valence-electron chi connectivity index (χ0n) is 16.0. The quantitative estimate of drug-likeness (QED) is 0.366. The Bertz CT molecular complexity index is 625. The van der Waals surface area contributed by atoms with E-state index >= 15 is 0 Å². The van der Waals surface area contributed by atoms with E-state index < -0.39 is 5.38 Å². The molecule has 0 N–H and O–H groups in total. The standard InChI is InChI=1S/C20H29ClN2O3/c1-4-15-11-12-17(25-3)13-19(15)23(20(24)18(21)5-2)14-26-22-16-9-7-6-8-10-16/h11-13,18H,4-10,14H2,1-3H3. The molecule has 1 atom stereocenters. The average Bonchev–Trinajstić information content (AvgIpc) is 2.70. The Morgan fingerprint density at radius 1 is 1.27 bits per heavy atom. The number of carbonyl (C=O) groups excluding carboxylic acids is 1. The molecule has 2 rings (SSSR count). The second kappa shape index (κ2) is 10.4. The van der Waals surface area contributed by atoms with Crippen molar-refractivity contribution in [1.82, 2.24) is 0 Å². The molecule has 1 unspecified atom stereocenters. The van der Waals surface area contributed by atoms with E-state index in [1.807, 2.05) is 25.1 Å². The number of carbonyl (C=O) groups is 1. The van der Waals surface area contributed by atoms with E-state index in [1.165, 1.54) is 6.42 Å². The number of anilines is 1. The van der Waals surface area contributed by atoms with Crippen LogP contribution in [0.2, 0.25) is 0 Å². The fourth-order valence-electron chi connectivity index (χ4n) is 3.05. The normalized spacial score (nSPS) is 15.3. The zero-order chi connectivity index (χ0) is 18.9. The summed E-state index contributed by atoms with van der Waals surface area (Å²) in [5.41, 5.74) is 2.87. The molecule has 0 saturated heterocycles. The third-order valence-corrected chi connectivity index (χ3v) is 5.16. The first-order chi connectivity index (χ1) is 12.6. The van der Waals surface area contributed by atoms with Crippen molar-refractivity contribution in [3.63, 3.8) is 0 Å². The van der Waals surface area contributed by atoms with E-state index in [1.54, 1.807) is 12.0 Å². The summed E-state index contributed by atoms with van der Waals surface area (Å²) in [5, 5.41) is 3.66. The number of aryl methyl sites for hydroxylation is 1. The fraction of sp³-hybridized carbons (Fsp3) is 0.600. The van der Waals surface area contributed by atoms with Crippen molar-refractivity contribution < 1.29 is 14.4 Å². The van der Waals surface area contributed by atoms with Crippen molar-refractivity contribution >= 4 is 28.9 Å². The number of methoxy groups -OCH3 is 1.